The molecular weight excluding hydrogens is 428 g/mol. The normalized spacial score (nSPS) is 32.9. The molecule has 0 spiro atoms. The second-order valence-corrected chi connectivity index (χ2v) is 9.85. The minimum absolute atomic E-state index is 0.0290. The monoisotopic (exact) mass is 460 g/mol. The molecule has 3 aliphatic rings. The summed E-state index contributed by atoms with van der Waals surface area (Å²) in [6.45, 7) is 8.82. The third-order valence-corrected chi connectivity index (χ3v) is 6.96. The highest BCUT2D eigenvalue weighted by atomic mass is 16.8. The number of nitrogen functional groups attached to an aromatic ring is 1. The minimum atomic E-state index is -0.727. The maximum atomic E-state index is 11.9. The smallest absolute Gasteiger partial charge is 0.308 e. The molecule has 1 aliphatic carbocycles. The van der Waals surface area contributed by atoms with Crippen molar-refractivity contribution in [1.29, 1.82) is 0 Å². The Labute approximate surface area is 192 Å². The van der Waals surface area contributed by atoms with Crippen molar-refractivity contribution >= 4 is 23.0 Å². The van der Waals surface area contributed by atoms with E-state index in [1.807, 2.05) is 18.4 Å². The van der Waals surface area contributed by atoms with Gasteiger partial charge in [-0.3, -0.25) is 14.3 Å². The van der Waals surface area contributed by atoms with E-state index in [2.05, 4.69) is 33.7 Å². The van der Waals surface area contributed by atoms with Crippen molar-refractivity contribution in [2.75, 3.05) is 19.4 Å². The van der Waals surface area contributed by atoms with Crippen LogP contribution in [0.25, 0.3) is 11.2 Å². The number of anilines is 1. The summed E-state index contributed by atoms with van der Waals surface area (Å²) in [4.78, 5) is 27.1. The SMILES string of the molecule is COC(=O)C1CC(N(C[C@H]2O[C@@H](n3cnc4c(N)ncnc43)[C@@H]3OC(C)(C)O[C@@H]32)C(C)C)C1. The van der Waals surface area contributed by atoms with Crippen LogP contribution in [0.4, 0.5) is 5.82 Å². The van der Waals surface area contributed by atoms with Gasteiger partial charge in [0.15, 0.2) is 23.5 Å². The van der Waals surface area contributed by atoms with Crippen LogP contribution in [0.3, 0.4) is 0 Å². The van der Waals surface area contributed by atoms with Gasteiger partial charge in [-0.25, -0.2) is 15.0 Å². The number of aromatic nitrogens is 4. The van der Waals surface area contributed by atoms with Crippen LogP contribution in [0.1, 0.15) is 46.8 Å². The number of nitrogens with two attached hydrogens (primary N) is 1. The van der Waals surface area contributed by atoms with Gasteiger partial charge in [0.05, 0.1) is 19.4 Å². The molecule has 11 heteroatoms. The molecule has 0 bridgehead atoms. The number of carbonyl (C=O) groups excluding carboxylic acids is 1. The highest BCUT2D eigenvalue weighted by Crippen LogP contribution is 2.45. The zero-order valence-electron chi connectivity index (χ0n) is 19.7. The molecule has 2 N–H and O–H groups in total. The minimum Gasteiger partial charge on any atom is -0.469 e. The molecule has 2 aromatic heterocycles. The number of imidazole rings is 1. The maximum Gasteiger partial charge on any atom is 0.308 e. The average Bonchev–Trinajstić information content (AvgIpc) is 3.37. The third kappa shape index (κ3) is 3.86. The summed E-state index contributed by atoms with van der Waals surface area (Å²) in [6.07, 6.45) is 3.42. The van der Waals surface area contributed by atoms with E-state index in [1.165, 1.54) is 13.4 Å². The summed E-state index contributed by atoms with van der Waals surface area (Å²) < 4.78 is 25.9. The molecule has 0 radical (unpaired) electrons. The van der Waals surface area contributed by atoms with Gasteiger partial charge in [0, 0.05) is 18.6 Å². The number of rotatable bonds is 6. The van der Waals surface area contributed by atoms with Gasteiger partial charge in [0.25, 0.3) is 0 Å². The Kier molecular flexibility index (Phi) is 5.55. The molecule has 3 fully saturated rings. The second kappa shape index (κ2) is 8.15. The quantitative estimate of drug-likeness (QED) is 0.633. The second-order valence-electron chi connectivity index (χ2n) is 9.85. The van der Waals surface area contributed by atoms with Gasteiger partial charge in [-0.2, -0.15) is 0 Å². The lowest BCUT2D eigenvalue weighted by Crippen LogP contribution is -2.53. The Morgan fingerprint density at radius 2 is 2.00 bits per heavy atom. The molecule has 1 saturated carbocycles. The van der Waals surface area contributed by atoms with Crippen molar-refractivity contribution in [3.8, 4) is 0 Å². The van der Waals surface area contributed by atoms with E-state index in [1.54, 1.807) is 6.33 Å². The molecule has 5 rings (SSSR count). The molecule has 0 unspecified atom stereocenters. The molecule has 0 aromatic carbocycles. The van der Waals surface area contributed by atoms with Crippen molar-refractivity contribution in [2.45, 2.75) is 82.9 Å². The van der Waals surface area contributed by atoms with Crippen molar-refractivity contribution in [3.05, 3.63) is 12.7 Å². The summed E-state index contributed by atoms with van der Waals surface area (Å²) >= 11 is 0. The molecule has 2 aliphatic heterocycles. The fourth-order valence-corrected chi connectivity index (χ4v) is 5.29. The fourth-order valence-electron chi connectivity index (χ4n) is 5.29. The van der Waals surface area contributed by atoms with Crippen LogP contribution in [0, 0.1) is 5.92 Å². The first-order valence-electron chi connectivity index (χ1n) is 11.5. The Morgan fingerprint density at radius 3 is 2.70 bits per heavy atom. The zero-order chi connectivity index (χ0) is 23.5. The van der Waals surface area contributed by atoms with Gasteiger partial charge >= 0.3 is 5.97 Å². The summed E-state index contributed by atoms with van der Waals surface area (Å²) in [6, 6.07) is 0.582. The number of fused-ring (bicyclic) bond motifs is 2. The van der Waals surface area contributed by atoms with Gasteiger partial charge in [0.1, 0.15) is 30.2 Å². The number of carbonyl (C=O) groups is 1. The Bertz CT molecular complexity index is 1040. The highest BCUT2D eigenvalue weighted by Gasteiger charge is 2.57. The molecule has 33 heavy (non-hydrogen) atoms. The first-order chi connectivity index (χ1) is 15.7. The van der Waals surface area contributed by atoms with Crippen molar-refractivity contribution < 1.29 is 23.7 Å². The van der Waals surface area contributed by atoms with Crippen LogP contribution < -0.4 is 5.73 Å². The van der Waals surface area contributed by atoms with Crippen LogP contribution in [0.2, 0.25) is 0 Å². The van der Waals surface area contributed by atoms with E-state index in [9.17, 15) is 4.79 Å². The van der Waals surface area contributed by atoms with Gasteiger partial charge in [0.2, 0.25) is 0 Å². The molecule has 2 aromatic rings. The van der Waals surface area contributed by atoms with Crippen LogP contribution in [-0.4, -0.2) is 80.2 Å². The largest absolute Gasteiger partial charge is 0.469 e. The van der Waals surface area contributed by atoms with Crippen LogP contribution in [-0.2, 0) is 23.7 Å². The number of hydrogen-bond donors (Lipinski definition) is 1. The number of esters is 1. The zero-order valence-corrected chi connectivity index (χ0v) is 19.7. The Balaban J connectivity index is 1.39. The molecule has 4 atom stereocenters. The summed E-state index contributed by atoms with van der Waals surface area (Å²) in [5.74, 6) is -0.562. The number of nitrogens with zero attached hydrogens (tertiary/aromatic N) is 5. The lowest BCUT2D eigenvalue weighted by Gasteiger charge is -2.45. The molecule has 180 valence electrons. The van der Waals surface area contributed by atoms with Crippen LogP contribution in [0.5, 0.6) is 0 Å². The average molecular weight is 461 g/mol. The van der Waals surface area contributed by atoms with Crippen molar-refractivity contribution in [1.82, 2.24) is 24.4 Å². The van der Waals surface area contributed by atoms with E-state index >= 15 is 0 Å². The number of ether oxygens (including phenoxy) is 4. The van der Waals surface area contributed by atoms with E-state index in [-0.39, 0.29) is 36.2 Å². The lowest BCUT2D eigenvalue weighted by molar-refractivity contribution is -0.199. The van der Waals surface area contributed by atoms with E-state index in [0.717, 1.165) is 12.8 Å². The standard InChI is InChI=1S/C22H32N6O5/c1-11(2)27(13-6-12(7-13)21(29)30-5)8-14-16-17(33-22(3,4)32-16)20(31-14)28-10-26-15-18(23)24-9-25-19(15)28/h9-14,16-17,20H,6-8H2,1-5H3,(H2,23,24,25)/t12?,13?,14-,16-,17-,20-/m1/s1. The van der Waals surface area contributed by atoms with Gasteiger partial charge in [-0.1, -0.05) is 0 Å². The maximum absolute atomic E-state index is 11.9. The fraction of sp³-hybridized carbons (Fsp3) is 0.727. The highest BCUT2D eigenvalue weighted by molar-refractivity contribution is 5.81. The first-order valence-corrected chi connectivity index (χ1v) is 11.5. The van der Waals surface area contributed by atoms with Crippen molar-refractivity contribution in [3.63, 3.8) is 0 Å². The van der Waals surface area contributed by atoms with E-state index in [0.29, 0.717) is 29.6 Å². The van der Waals surface area contributed by atoms with E-state index in [4.69, 9.17) is 24.7 Å². The van der Waals surface area contributed by atoms with Gasteiger partial charge in [-0.05, 0) is 40.5 Å². The lowest BCUT2D eigenvalue weighted by atomic mass is 9.78. The molecule has 2 saturated heterocycles. The van der Waals surface area contributed by atoms with E-state index < -0.39 is 12.0 Å². The topological polar surface area (TPSA) is 127 Å². The number of methoxy groups -OCH3 is 1. The van der Waals surface area contributed by atoms with Crippen LogP contribution in [0.15, 0.2) is 12.7 Å². The van der Waals surface area contributed by atoms with Gasteiger partial charge < -0.3 is 24.7 Å². The van der Waals surface area contributed by atoms with Gasteiger partial charge in [-0.15, -0.1) is 0 Å². The molecular formula is C22H32N6O5. The third-order valence-electron chi connectivity index (χ3n) is 6.96. The van der Waals surface area contributed by atoms with Crippen molar-refractivity contribution in [2.24, 2.45) is 5.92 Å². The first kappa shape index (κ1) is 22.5. The Morgan fingerprint density at radius 1 is 1.27 bits per heavy atom. The summed E-state index contributed by atoms with van der Waals surface area (Å²) in [5, 5.41) is 0. The Hall–Kier alpha value is -2.34. The summed E-state index contributed by atoms with van der Waals surface area (Å²) in [5.41, 5.74) is 7.11. The van der Waals surface area contributed by atoms with Crippen LogP contribution >= 0.6 is 0 Å². The summed E-state index contributed by atoms with van der Waals surface area (Å²) in [7, 11) is 1.44. The molecule has 0 amide bonds. The number of hydrogen-bond acceptors (Lipinski definition) is 10. The predicted octanol–water partition coefficient (Wildman–Crippen LogP) is 1.49. The molecule has 4 heterocycles. The molecule has 11 nitrogen and oxygen atoms in total. The predicted molar refractivity (Wildman–Crippen MR) is 118 cm³/mol.